The smallest absolute Gasteiger partial charge is 0.349 e. The Hall–Kier alpha value is -1.10. The Morgan fingerprint density at radius 3 is 2.69 bits per heavy atom. The minimum Gasteiger partial charge on any atom is -0.465 e. The van der Waals surface area contributed by atoms with Crippen LogP contribution < -0.4 is 4.90 Å². The van der Waals surface area contributed by atoms with E-state index < -0.39 is 0 Å². The van der Waals surface area contributed by atoms with Crippen LogP contribution in [-0.2, 0) is 4.74 Å². The van der Waals surface area contributed by atoms with Crippen molar-refractivity contribution in [1.29, 1.82) is 0 Å². The van der Waals surface area contributed by atoms with Crippen molar-refractivity contribution >= 4 is 22.4 Å². The molecule has 0 saturated carbocycles. The van der Waals surface area contributed by atoms with Crippen LogP contribution in [0.15, 0.2) is 6.20 Å². The van der Waals surface area contributed by atoms with Gasteiger partial charge in [0.1, 0.15) is 4.88 Å². The number of nitrogens with zero attached hydrogens (tertiary/aromatic N) is 2. The standard InChI is InChI=1S/C11H18N2O2S/c1-11(2,3)7-13(4)10-12-6-8(16-10)9(14)15-5/h6H,7H2,1-5H3. The lowest BCUT2D eigenvalue weighted by Gasteiger charge is -2.25. The molecule has 0 bridgehead atoms. The number of carbonyl (C=O) groups is 1. The number of ether oxygens (including phenoxy) is 1. The van der Waals surface area contributed by atoms with E-state index in [9.17, 15) is 4.79 Å². The number of methoxy groups -OCH3 is 1. The molecule has 0 aliphatic rings. The first-order chi connectivity index (χ1) is 7.33. The van der Waals surface area contributed by atoms with Gasteiger partial charge in [-0.2, -0.15) is 0 Å². The predicted octanol–water partition coefficient (Wildman–Crippen LogP) is 2.41. The molecular weight excluding hydrogens is 224 g/mol. The van der Waals surface area contributed by atoms with Gasteiger partial charge in [-0.1, -0.05) is 32.1 Å². The molecule has 0 saturated heterocycles. The summed E-state index contributed by atoms with van der Waals surface area (Å²) in [7, 11) is 3.35. The molecular formula is C11H18N2O2S. The van der Waals surface area contributed by atoms with E-state index in [2.05, 4.69) is 35.4 Å². The molecule has 90 valence electrons. The molecule has 0 aromatic carbocycles. The molecule has 16 heavy (non-hydrogen) atoms. The zero-order valence-electron chi connectivity index (χ0n) is 10.4. The van der Waals surface area contributed by atoms with Crippen molar-refractivity contribution in [3.63, 3.8) is 0 Å². The van der Waals surface area contributed by atoms with Gasteiger partial charge in [-0.15, -0.1) is 0 Å². The summed E-state index contributed by atoms with van der Waals surface area (Å²) < 4.78 is 4.64. The third-order valence-corrected chi connectivity index (χ3v) is 3.01. The second-order valence-electron chi connectivity index (χ2n) is 4.92. The molecule has 4 nitrogen and oxygen atoms in total. The van der Waals surface area contributed by atoms with Gasteiger partial charge in [0.2, 0.25) is 0 Å². The summed E-state index contributed by atoms with van der Waals surface area (Å²) in [6, 6.07) is 0. The van der Waals surface area contributed by atoms with Crippen LogP contribution in [0.4, 0.5) is 5.13 Å². The maximum absolute atomic E-state index is 11.3. The largest absolute Gasteiger partial charge is 0.465 e. The van der Waals surface area contributed by atoms with Crippen molar-refractivity contribution < 1.29 is 9.53 Å². The van der Waals surface area contributed by atoms with Crippen LogP contribution in [0.2, 0.25) is 0 Å². The highest BCUT2D eigenvalue weighted by atomic mass is 32.1. The average molecular weight is 242 g/mol. The maximum Gasteiger partial charge on any atom is 0.349 e. The fourth-order valence-corrected chi connectivity index (χ4v) is 2.21. The molecule has 0 atom stereocenters. The van der Waals surface area contributed by atoms with Crippen molar-refractivity contribution in [2.75, 3.05) is 25.6 Å². The van der Waals surface area contributed by atoms with Gasteiger partial charge in [0.15, 0.2) is 5.13 Å². The van der Waals surface area contributed by atoms with Gasteiger partial charge in [0.25, 0.3) is 0 Å². The number of carbonyl (C=O) groups excluding carboxylic acids is 1. The summed E-state index contributed by atoms with van der Waals surface area (Å²) in [5.74, 6) is -0.326. The topological polar surface area (TPSA) is 42.4 Å². The second kappa shape index (κ2) is 4.82. The fourth-order valence-electron chi connectivity index (χ4n) is 1.42. The first kappa shape index (κ1) is 13.0. The normalized spacial score (nSPS) is 11.3. The Bertz CT molecular complexity index is 368. The second-order valence-corrected chi connectivity index (χ2v) is 5.92. The Labute approximate surface area is 100 Å². The lowest BCUT2D eigenvalue weighted by Crippen LogP contribution is -2.28. The summed E-state index contributed by atoms with van der Waals surface area (Å²) in [5, 5.41) is 0.843. The summed E-state index contributed by atoms with van der Waals surface area (Å²) >= 11 is 1.35. The maximum atomic E-state index is 11.3. The van der Waals surface area contributed by atoms with Crippen LogP contribution in [0.1, 0.15) is 30.4 Å². The van der Waals surface area contributed by atoms with Crippen LogP contribution in [0.25, 0.3) is 0 Å². The number of anilines is 1. The lowest BCUT2D eigenvalue weighted by atomic mass is 9.96. The molecule has 0 aliphatic carbocycles. The van der Waals surface area contributed by atoms with Crippen molar-refractivity contribution in [2.24, 2.45) is 5.41 Å². The molecule has 1 aromatic heterocycles. The summed E-state index contributed by atoms with van der Waals surface area (Å²) in [4.78, 5) is 18.1. The van der Waals surface area contributed by atoms with E-state index in [1.807, 2.05) is 7.05 Å². The molecule has 0 amide bonds. The van der Waals surface area contributed by atoms with Crippen molar-refractivity contribution in [3.05, 3.63) is 11.1 Å². The van der Waals surface area contributed by atoms with E-state index in [1.54, 1.807) is 6.20 Å². The predicted molar refractivity (Wildman–Crippen MR) is 66.2 cm³/mol. The highest BCUT2D eigenvalue weighted by Crippen LogP contribution is 2.25. The van der Waals surface area contributed by atoms with E-state index in [4.69, 9.17) is 0 Å². The monoisotopic (exact) mass is 242 g/mol. The summed E-state index contributed by atoms with van der Waals surface area (Å²) in [6.07, 6.45) is 1.56. The zero-order valence-corrected chi connectivity index (χ0v) is 11.2. The Morgan fingerprint density at radius 1 is 1.56 bits per heavy atom. The van der Waals surface area contributed by atoms with E-state index in [0.29, 0.717) is 4.88 Å². The number of hydrogen-bond donors (Lipinski definition) is 0. The Kier molecular flexibility index (Phi) is 3.91. The number of thiazole rings is 1. The van der Waals surface area contributed by atoms with E-state index in [-0.39, 0.29) is 11.4 Å². The first-order valence-corrected chi connectivity index (χ1v) is 5.90. The zero-order chi connectivity index (χ0) is 12.3. The fraction of sp³-hybridized carbons (Fsp3) is 0.636. The number of aromatic nitrogens is 1. The third-order valence-electron chi connectivity index (χ3n) is 1.92. The quantitative estimate of drug-likeness (QED) is 0.763. The van der Waals surface area contributed by atoms with Gasteiger partial charge >= 0.3 is 5.97 Å². The molecule has 1 aromatic rings. The van der Waals surface area contributed by atoms with Crippen LogP contribution in [-0.4, -0.2) is 31.7 Å². The van der Waals surface area contributed by atoms with Gasteiger partial charge in [-0.3, -0.25) is 0 Å². The van der Waals surface area contributed by atoms with Gasteiger partial charge in [0, 0.05) is 13.6 Å². The molecule has 0 aliphatic heterocycles. The third kappa shape index (κ3) is 3.48. The molecule has 0 radical (unpaired) electrons. The van der Waals surface area contributed by atoms with Crippen LogP contribution >= 0.6 is 11.3 Å². The van der Waals surface area contributed by atoms with Gasteiger partial charge in [-0.05, 0) is 5.41 Å². The molecule has 0 unspecified atom stereocenters. The highest BCUT2D eigenvalue weighted by molar-refractivity contribution is 7.17. The molecule has 5 heteroatoms. The molecule has 1 heterocycles. The first-order valence-electron chi connectivity index (χ1n) is 5.09. The van der Waals surface area contributed by atoms with Gasteiger partial charge in [0.05, 0.1) is 13.3 Å². The molecule has 0 N–H and O–H groups in total. The number of hydrogen-bond acceptors (Lipinski definition) is 5. The molecule has 0 spiro atoms. The molecule has 0 fully saturated rings. The SMILES string of the molecule is COC(=O)c1cnc(N(C)CC(C)(C)C)s1. The lowest BCUT2D eigenvalue weighted by molar-refractivity contribution is 0.0606. The van der Waals surface area contributed by atoms with Crippen molar-refractivity contribution in [2.45, 2.75) is 20.8 Å². The summed E-state index contributed by atoms with van der Waals surface area (Å²) in [5.41, 5.74) is 0.200. The number of esters is 1. The van der Waals surface area contributed by atoms with Gasteiger partial charge in [-0.25, -0.2) is 9.78 Å². The number of rotatable bonds is 3. The summed E-state index contributed by atoms with van der Waals surface area (Å²) in [6.45, 7) is 7.39. The van der Waals surface area contributed by atoms with E-state index >= 15 is 0 Å². The Balaban J connectivity index is 2.74. The average Bonchev–Trinajstić information content (AvgIpc) is 2.62. The van der Waals surface area contributed by atoms with E-state index in [1.165, 1.54) is 18.4 Å². The molecule has 1 rings (SSSR count). The minimum atomic E-state index is -0.326. The highest BCUT2D eigenvalue weighted by Gasteiger charge is 2.17. The van der Waals surface area contributed by atoms with Gasteiger partial charge < -0.3 is 9.64 Å². The van der Waals surface area contributed by atoms with Crippen LogP contribution in [0.5, 0.6) is 0 Å². The Morgan fingerprint density at radius 2 is 2.19 bits per heavy atom. The minimum absolute atomic E-state index is 0.200. The van der Waals surface area contributed by atoms with Crippen molar-refractivity contribution in [1.82, 2.24) is 4.98 Å². The van der Waals surface area contributed by atoms with Crippen molar-refractivity contribution in [3.8, 4) is 0 Å². The van der Waals surface area contributed by atoms with E-state index in [0.717, 1.165) is 11.7 Å². The van der Waals surface area contributed by atoms with Crippen LogP contribution in [0.3, 0.4) is 0 Å². The van der Waals surface area contributed by atoms with Crippen LogP contribution in [0, 0.1) is 5.41 Å².